The summed E-state index contributed by atoms with van der Waals surface area (Å²) >= 11 is 0. The molecule has 1 aliphatic carbocycles. The fraction of sp³-hybridized carbons (Fsp3) is 1.00. The summed E-state index contributed by atoms with van der Waals surface area (Å²) in [6.07, 6.45) is 3.69. The second-order valence-corrected chi connectivity index (χ2v) is 5.26. The van der Waals surface area contributed by atoms with Gasteiger partial charge in [-0.3, -0.25) is 4.90 Å². The second-order valence-electron chi connectivity index (χ2n) is 5.26. The molecule has 0 aromatic heterocycles. The van der Waals surface area contributed by atoms with E-state index in [0.29, 0.717) is 6.04 Å². The predicted molar refractivity (Wildman–Crippen MR) is 59.3 cm³/mol. The van der Waals surface area contributed by atoms with Crippen LogP contribution in [-0.2, 0) is 0 Å². The smallest absolute Gasteiger partial charge is 0.0195 e. The summed E-state index contributed by atoms with van der Waals surface area (Å²) in [5.41, 5.74) is 6.32. The van der Waals surface area contributed by atoms with Crippen molar-refractivity contribution in [2.45, 2.75) is 37.8 Å². The number of hydrogen-bond acceptors (Lipinski definition) is 3. The molecule has 2 rings (SSSR count). The zero-order chi connectivity index (χ0) is 10.2. The van der Waals surface area contributed by atoms with Gasteiger partial charge < -0.3 is 10.6 Å². The van der Waals surface area contributed by atoms with Crippen molar-refractivity contribution >= 4 is 0 Å². The van der Waals surface area contributed by atoms with Crippen molar-refractivity contribution < 1.29 is 0 Å². The fourth-order valence-corrected chi connectivity index (χ4v) is 2.29. The van der Waals surface area contributed by atoms with Gasteiger partial charge in [0.25, 0.3) is 0 Å². The topological polar surface area (TPSA) is 32.5 Å². The van der Waals surface area contributed by atoms with Crippen LogP contribution < -0.4 is 5.73 Å². The maximum absolute atomic E-state index is 6.10. The van der Waals surface area contributed by atoms with Crippen molar-refractivity contribution in [2.24, 2.45) is 5.73 Å². The Labute approximate surface area is 87.2 Å². The molecule has 1 saturated heterocycles. The van der Waals surface area contributed by atoms with Crippen molar-refractivity contribution in [1.82, 2.24) is 9.80 Å². The highest BCUT2D eigenvalue weighted by Gasteiger charge is 2.38. The molecule has 3 nitrogen and oxygen atoms in total. The molecular formula is C11H23N3. The van der Waals surface area contributed by atoms with Gasteiger partial charge in [0.1, 0.15) is 0 Å². The normalized spacial score (nSPS) is 33.2. The van der Waals surface area contributed by atoms with Crippen molar-refractivity contribution in [3.05, 3.63) is 0 Å². The van der Waals surface area contributed by atoms with Gasteiger partial charge in [-0.05, 0) is 33.2 Å². The monoisotopic (exact) mass is 197 g/mol. The van der Waals surface area contributed by atoms with E-state index >= 15 is 0 Å². The van der Waals surface area contributed by atoms with Crippen LogP contribution in [-0.4, -0.2) is 54.6 Å². The van der Waals surface area contributed by atoms with Gasteiger partial charge in [0, 0.05) is 37.8 Å². The van der Waals surface area contributed by atoms with E-state index in [1.165, 1.54) is 45.4 Å². The molecule has 0 amide bonds. The lowest BCUT2D eigenvalue weighted by atomic mass is 10.1. The summed E-state index contributed by atoms with van der Waals surface area (Å²) in [6.45, 7) is 7.16. The number of likely N-dealkylation sites (N-methyl/N-ethyl adjacent to an activating group) is 1. The largest absolute Gasteiger partial charge is 0.325 e. The van der Waals surface area contributed by atoms with Crippen LogP contribution in [0, 0.1) is 0 Å². The number of nitrogens with two attached hydrogens (primary N) is 1. The molecule has 1 saturated carbocycles. The van der Waals surface area contributed by atoms with E-state index in [9.17, 15) is 0 Å². The minimum Gasteiger partial charge on any atom is -0.325 e. The first-order chi connectivity index (χ1) is 6.59. The molecular weight excluding hydrogens is 174 g/mol. The number of nitrogens with zero attached hydrogens (tertiary/aromatic N) is 2. The molecule has 0 aromatic carbocycles. The summed E-state index contributed by atoms with van der Waals surface area (Å²) in [5, 5.41) is 0. The van der Waals surface area contributed by atoms with E-state index in [-0.39, 0.29) is 5.54 Å². The van der Waals surface area contributed by atoms with E-state index in [0.717, 1.165) is 0 Å². The lowest BCUT2D eigenvalue weighted by Gasteiger charge is -2.38. The Kier molecular flexibility index (Phi) is 2.82. The average Bonchev–Trinajstić information content (AvgIpc) is 2.83. The van der Waals surface area contributed by atoms with Crippen LogP contribution in [0.25, 0.3) is 0 Å². The SMILES string of the molecule is CC1CN(C)CCN1CCC1(N)CC1. The third-order valence-corrected chi connectivity index (χ3v) is 3.76. The summed E-state index contributed by atoms with van der Waals surface area (Å²) in [7, 11) is 2.21. The van der Waals surface area contributed by atoms with E-state index in [1.54, 1.807) is 0 Å². The van der Waals surface area contributed by atoms with Gasteiger partial charge in [0.15, 0.2) is 0 Å². The third-order valence-electron chi connectivity index (χ3n) is 3.76. The summed E-state index contributed by atoms with van der Waals surface area (Å²) in [4.78, 5) is 5.00. The molecule has 14 heavy (non-hydrogen) atoms. The Morgan fingerprint density at radius 3 is 2.64 bits per heavy atom. The second kappa shape index (κ2) is 3.80. The highest BCUT2D eigenvalue weighted by Crippen LogP contribution is 2.35. The predicted octanol–water partition coefficient (Wildman–Crippen LogP) is 0.504. The zero-order valence-corrected chi connectivity index (χ0v) is 9.50. The van der Waals surface area contributed by atoms with Crippen molar-refractivity contribution in [2.75, 3.05) is 33.2 Å². The van der Waals surface area contributed by atoms with Gasteiger partial charge in [-0.15, -0.1) is 0 Å². The van der Waals surface area contributed by atoms with Crippen LogP contribution in [0.3, 0.4) is 0 Å². The van der Waals surface area contributed by atoms with Gasteiger partial charge in [0.2, 0.25) is 0 Å². The number of hydrogen-bond donors (Lipinski definition) is 1. The Hall–Kier alpha value is -0.120. The van der Waals surface area contributed by atoms with E-state index in [4.69, 9.17) is 5.73 Å². The van der Waals surface area contributed by atoms with E-state index in [1.807, 2.05) is 0 Å². The van der Waals surface area contributed by atoms with Gasteiger partial charge in [-0.25, -0.2) is 0 Å². The number of piperazine rings is 1. The standard InChI is InChI=1S/C11H23N3/c1-10-9-13(2)7-8-14(10)6-5-11(12)3-4-11/h10H,3-9,12H2,1-2H3. The minimum atomic E-state index is 0.225. The highest BCUT2D eigenvalue weighted by molar-refractivity contribution is 4.99. The molecule has 2 N–H and O–H groups in total. The van der Waals surface area contributed by atoms with Crippen LogP contribution in [0.4, 0.5) is 0 Å². The molecule has 3 heteroatoms. The molecule has 0 bridgehead atoms. The first-order valence-electron chi connectivity index (χ1n) is 5.81. The van der Waals surface area contributed by atoms with Crippen molar-refractivity contribution in [3.8, 4) is 0 Å². The van der Waals surface area contributed by atoms with Crippen LogP contribution in [0.15, 0.2) is 0 Å². The van der Waals surface area contributed by atoms with Crippen LogP contribution in [0.5, 0.6) is 0 Å². The molecule has 1 aliphatic heterocycles. The summed E-state index contributed by atoms with van der Waals surface area (Å²) in [5.74, 6) is 0. The first kappa shape index (κ1) is 10.4. The quantitative estimate of drug-likeness (QED) is 0.715. The molecule has 0 radical (unpaired) electrons. The summed E-state index contributed by atoms with van der Waals surface area (Å²) < 4.78 is 0. The zero-order valence-electron chi connectivity index (χ0n) is 9.50. The van der Waals surface area contributed by atoms with Crippen molar-refractivity contribution in [1.29, 1.82) is 0 Å². The first-order valence-corrected chi connectivity index (χ1v) is 5.81. The van der Waals surface area contributed by atoms with Gasteiger partial charge in [-0.2, -0.15) is 0 Å². The summed E-state index contributed by atoms with van der Waals surface area (Å²) in [6, 6.07) is 0.705. The van der Waals surface area contributed by atoms with Crippen LogP contribution >= 0.6 is 0 Å². The van der Waals surface area contributed by atoms with E-state index in [2.05, 4.69) is 23.8 Å². The molecule has 0 spiro atoms. The molecule has 1 atom stereocenters. The molecule has 0 aromatic rings. The molecule has 2 fully saturated rings. The molecule has 82 valence electrons. The Morgan fingerprint density at radius 1 is 1.36 bits per heavy atom. The average molecular weight is 197 g/mol. The highest BCUT2D eigenvalue weighted by atomic mass is 15.3. The van der Waals surface area contributed by atoms with Crippen LogP contribution in [0.1, 0.15) is 26.2 Å². The Balaban J connectivity index is 1.74. The molecule has 1 heterocycles. The maximum Gasteiger partial charge on any atom is 0.0195 e. The third kappa shape index (κ3) is 2.47. The van der Waals surface area contributed by atoms with Gasteiger partial charge in [0.05, 0.1) is 0 Å². The lowest BCUT2D eigenvalue weighted by Crippen LogP contribution is -2.51. The molecule has 2 aliphatic rings. The Morgan fingerprint density at radius 2 is 2.07 bits per heavy atom. The lowest BCUT2D eigenvalue weighted by molar-refractivity contribution is 0.0965. The fourth-order valence-electron chi connectivity index (χ4n) is 2.29. The maximum atomic E-state index is 6.10. The Bertz CT molecular complexity index is 201. The van der Waals surface area contributed by atoms with Crippen molar-refractivity contribution in [3.63, 3.8) is 0 Å². The number of rotatable bonds is 3. The minimum absolute atomic E-state index is 0.225. The van der Waals surface area contributed by atoms with Gasteiger partial charge >= 0.3 is 0 Å². The van der Waals surface area contributed by atoms with E-state index < -0.39 is 0 Å². The molecule has 1 unspecified atom stereocenters. The van der Waals surface area contributed by atoms with Crippen LogP contribution in [0.2, 0.25) is 0 Å². The van der Waals surface area contributed by atoms with Gasteiger partial charge in [-0.1, -0.05) is 0 Å².